The number of pyridine rings is 1. The number of nitriles is 1. The Labute approximate surface area is 159 Å². The number of carbonyl (C=O) groups excluding carboxylic acids is 2. The standard InChI is InChI=1S/C20H25N5O2/c21-12-17-2-1-9-24(17)20(27)18(22)14-10-15-3-4-16(11-14)25(15)19(26)13-5-7-23-8-6-13/h5-8,14-18H,1-4,9-11,22H2/t14?,15?,16?,17-,18-/m0/s1. The average Bonchev–Trinajstić information content (AvgIpc) is 3.28. The van der Waals surface area contributed by atoms with E-state index in [0.717, 1.165) is 38.5 Å². The molecule has 2 amide bonds. The number of hydrogen-bond acceptors (Lipinski definition) is 5. The number of aromatic nitrogens is 1. The zero-order valence-corrected chi connectivity index (χ0v) is 15.3. The van der Waals surface area contributed by atoms with Crippen molar-refractivity contribution in [2.24, 2.45) is 11.7 Å². The fraction of sp³-hybridized carbons (Fsp3) is 0.600. The zero-order valence-electron chi connectivity index (χ0n) is 15.3. The molecule has 27 heavy (non-hydrogen) atoms. The lowest BCUT2D eigenvalue weighted by Gasteiger charge is -2.41. The Morgan fingerprint density at radius 1 is 1.19 bits per heavy atom. The monoisotopic (exact) mass is 367 g/mol. The minimum absolute atomic E-state index is 0.0485. The first kappa shape index (κ1) is 17.9. The Balaban J connectivity index is 1.45. The number of carbonyl (C=O) groups is 2. The van der Waals surface area contributed by atoms with Gasteiger partial charge in [0.15, 0.2) is 0 Å². The van der Waals surface area contributed by atoms with Gasteiger partial charge in [0.1, 0.15) is 6.04 Å². The van der Waals surface area contributed by atoms with Crippen LogP contribution in [0.25, 0.3) is 0 Å². The molecule has 0 spiro atoms. The fourth-order valence-electron chi connectivity index (χ4n) is 5.05. The summed E-state index contributed by atoms with van der Waals surface area (Å²) in [5, 5.41) is 9.24. The van der Waals surface area contributed by atoms with Crippen molar-refractivity contribution in [3.05, 3.63) is 30.1 Å². The van der Waals surface area contributed by atoms with Crippen molar-refractivity contribution in [2.75, 3.05) is 6.54 Å². The number of hydrogen-bond donors (Lipinski definition) is 1. The predicted octanol–water partition coefficient (Wildman–Crippen LogP) is 1.31. The van der Waals surface area contributed by atoms with Gasteiger partial charge in [-0.3, -0.25) is 14.6 Å². The summed E-state index contributed by atoms with van der Waals surface area (Å²) in [5.41, 5.74) is 7.02. The van der Waals surface area contributed by atoms with E-state index in [-0.39, 0.29) is 35.9 Å². The minimum Gasteiger partial charge on any atom is -0.333 e. The van der Waals surface area contributed by atoms with E-state index in [1.165, 1.54) is 0 Å². The summed E-state index contributed by atoms with van der Waals surface area (Å²) in [6.45, 7) is 0.622. The van der Waals surface area contributed by atoms with Crippen molar-refractivity contribution in [2.45, 2.75) is 62.7 Å². The van der Waals surface area contributed by atoms with E-state index in [1.54, 1.807) is 29.4 Å². The largest absolute Gasteiger partial charge is 0.333 e. The van der Waals surface area contributed by atoms with Gasteiger partial charge in [-0.1, -0.05) is 0 Å². The van der Waals surface area contributed by atoms with Gasteiger partial charge in [0.25, 0.3) is 5.91 Å². The van der Waals surface area contributed by atoms with Gasteiger partial charge in [-0.25, -0.2) is 0 Å². The van der Waals surface area contributed by atoms with Crippen LogP contribution in [0.3, 0.4) is 0 Å². The molecule has 0 radical (unpaired) electrons. The molecular formula is C20H25N5O2. The smallest absolute Gasteiger partial charge is 0.254 e. The van der Waals surface area contributed by atoms with Crippen LogP contribution in [0.2, 0.25) is 0 Å². The van der Waals surface area contributed by atoms with Crippen LogP contribution >= 0.6 is 0 Å². The normalized spacial score (nSPS) is 30.8. The third-order valence-corrected chi connectivity index (χ3v) is 6.41. The molecule has 142 valence electrons. The highest BCUT2D eigenvalue weighted by molar-refractivity contribution is 5.94. The first-order valence-corrected chi connectivity index (χ1v) is 9.78. The molecular weight excluding hydrogens is 342 g/mol. The van der Waals surface area contributed by atoms with Gasteiger partial charge in [0.2, 0.25) is 5.91 Å². The molecule has 4 rings (SSSR count). The van der Waals surface area contributed by atoms with E-state index in [9.17, 15) is 14.9 Å². The minimum atomic E-state index is -0.583. The van der Waals surface area contributed by atoms with E-state index in [4.69, 9.17) is 5.73 Å². The molecule has 2 bridgehead atoms. The molecule has 3 aliphatic rings. The Morgan fingerprint density at radius 2 is 1.85 bits per heavy atom. The van der Waals surface area contributed by atoms with Gasteiger partial charge in [-0.15, -0.1) is 0 Å². The topological polar surface area (TPSA) is 103 Å². The lowest BCUT2D eigenvalue weighted by molar-refractivity contribution is -0.134. The van der Waals surface area contributed by atoms with E-state index in [1.807, 2.05) is 4.90 Å². The molecule has 2 unspecified atom stereocenters. The number of fused-ring (bicyclic) bond motifs is 2. The van der Waals surface area contributed by atoms with Crippen molar-refractivity contribution in [3.8, 4) is 6.07 Å². The van der Waals surface area contributed by atoms with Gasteiger partial charge >= 0.3 is 0 Å². The quantitative estimate of drug-likeness (QED) is 0.867. The average molecular weight is 367 g/mol. The number of piperidine rings is 1. The summed E-state index contributed by atoms with van der Waals surface area (Å²) < 4.78 is 0. The van der Waals surface area contributed by atoms with Crippen molar-refractivity contribution in [3.63, 3.8) is 0 Å². The van der Waals surface area contributed by atoms with Gasteiger partial charge in [-0.2, -0.15) is 5.26 Å². The Bertz CT molecular complexity index is 747. The van der Waals surface area contributed by atoms with Crippen molar-refractivity contribution in [1.29, 1.82) is 5.26 Å². The predicted molar refractivity (Wildman–Crippen MR) is 98.3 cm³/mol. The molecule has 0 aliphatic carbocycles. The van der Waals surface area contributed by atoms with Crippen LogP contribution < -0.4 is 5.73 Å². The maximum atomic E-state index is 12.9. The number of nitrogens with two attached hydrogens (primary N) is 1. The van der Waals surface area contributed by atoms with Crippen LogP contribution in [0.15, 0.2) is 24.5 Å². The number of nitrogens with zero attached hydrogens (tertiary/aromatic N) is 4. The van der Waals surface area contributed by atoms with E-state index in [2.05, 4.69) is 11.1 Å². The molecule has 3 aliphatic heterocycles. The second-order valence-electron chi connectivity index (χ2n) is 7.91. The molecule has 4 atom stereocenters. The summed E-state index contributed by atoms with van der Waals surface area (Å²) in [7, 11) is 0. The first-order chi connectivity index (χ1) is 13.1. The van der Waals surface area contributed by atoms with E-state index < -0.39 is 6.04 Å². The van der Waals surface area contributed by atoms with Crippen LogP contribution in [0.5, 0.6) is 0 Å². The van der Waals surface area contributed by atoms with E-state index in [0.29, 0.717) is 12.1 Å². The van der Waals surface area contributed by atoms with Gasteiger partial charge in [0, 0.05) is 36.6 Å². The molecule has 0 aromatic carbocycles. The summed E-state index contributed by atoms with van der Waals surface area (Å²) in [4.78, 5) is 33.4. The highest BCUT2D eigenvalue weighted by atomic mass is 16.2. The lowest BCUT2D eigenvalue weighted by atomic mass is 9.84. The van der Waals surface area contributed by atoms with Crippen LogP contribution in [0.4, 0.5) is 0 Å². The Hall–Kier alpha value is -2.46. The highest BCUT2D eigenvalue weighted by Crippen LogP contribution is 2.40. The number of likely N-dealkylation sites (tertiary alicyclic amines) is 1. The molecule has 4 heterocycles. The third kappa shape index (κ3) is 3.19. The van der Waals surface area contributed by atoms with Gasteiger partial charge in [0.05, 0.1) is 12.1 Å². The molecule has 2 N–H and O–H groups in total. The second kappa shape index (κ2) is 7.28. The Morgan fingerprint density at radius 3 is 2.48 bits per heavy atom. The maximum absolute atomic E-state index is 12.9. The fourth-order valence-corrected chi connectivity index (χ4v) is 5.05. The van der Waals surface area contributed by atoms with Crippen molar-refractivity contribution in [1.82, 2.24) is 14.8 Å². The SMILES string of the molecule is N#C[C@@H]1CCCN1C(=O)[C@@H](N)C1CC2CCC(C1)N2C(=O)c1ccncc1. The lowest BCUT2D eigenvalue weighted by Crippen LogP contribution is -2.54. The van der Waals surface area contributed by atoms with Crippen molar-refractivity contribution < 1.29 is 9.59 Å². The summed E-state index contributed by atoms with van der Waals surface area (Å²) >= 11 is 0. The van der Waals surface area contributed by atoms with Gasteiger partial charge < -0.3 is 15.5 Å². The molecule has 7 heteroatoms. The highest BCUT2D eigenvalue weighted by Gasteiger charge is 2.46. The van der Waals surface area contributed by atoms with Crippen LogP contribution in [-0.2, 0) is 4.79 Å². The first-order valence-electron chi connectivity index (χ1n) is 9.78. The molecule has 1 aromatic rings. The molecule has 1 aromatic heterocycles. The molecule has 3 fully saturated rings. The summed E-state index contributed by atoms with van der Waals surface area (Å²) in [5.74, 6) is 0.0149. The van der Waals surface area contributed by atoms with Crippen LogP contribution in [0, 0.1) is 17.2 Å². The third-order valence-electron chi connectivity index (χ3n) is 6.41. The molecule has 3 saturated heterocycles. The van der Waals surface area contributed by atoms with Gasteiger partial charge in [-0.05, 0) is 56.6 Å². The van der Waals surface area contributed by atoms with Crippen LogP contribution in [0.1, 0.15) is 48.9 Å². The maximum Gasteiger partial charge on any atom is 0.254 e. The molecule has 0 saturated carbocycles. The zero-order chi connectivity index (χ0) is 19.0. The van der Waals surface area contributed by atoms with Crippen molar-refractivity contribution >= 4 is 11.8 Å². The number of rotatable bonds is 3. The summed E-state index contributed by atoms with van der Waals surface area (Å²) in [6, 6.07) is 5.06. The van der Waals surface area contributed by atoms with E-state index >= 15 is 0 Å². The Kier molecular flexibility index (Phi) is 4.83. The summed E-state index contributed by atoms with van der Waals surface area (Å²) in [6.07, 6.45) is 8.31. The molecule has 7 nitrogen and oxygen atoms in total. The van der Waals surface area contributed by atoms with Crippen LogP contribution in [-0.4, -0.2) is 57.3 Å². The number of amides is 2. The second-order valence-corrected chi connectivity index (χ2v) is 7.91.